The third kappa shape index (κ3) is 3.11. The number of hydrogen-bond acceptors (Lipinski definition) is 4. The van der Waals surface area contributed by atoms with Crippen LogP contribution in [-0.4, -0.2) is 16.2 Å². The monoisotopic (exact) mass is 284 g/mol. The minimum atomic E-state index is -0.322. The van der Waals surface area contributed by atoms with E-state index in [-0.39, 0.29) is 11.0 Å². The Labute approximate surface area is 113 Å². The summed E-state index contributed by atoms with van der Waals surface area (Å²) in [6.45, 7) is 1.69. The lowest BCUT2D eigenvalue weighted by Crippen LogP contribution is -1.93. The van der Waals surface area contributed by atoms with Crippen LogP contribution in [0.1, 0.15) is 5.56 Å². The van der Waals surface area contributed by atoms with Gasteiger partial charge in [0.15, 0.2) is 5.16 Å². The fourth-order valence-corrected chi connectivity index (χ4v) is 1.87. The Morgan fingerprint density at radius 3 is 2.72 bits per heavy atom. The van der Waals surface area contributed by atoms with Crippen molar-refractivity contribution in [3.8, 4) is 11.6 Å². The van der Waals surface area contributed by atoms with E-state index in [9.17, 15) is 4.39 Å². The number of nitrogens with zero attached hydrogens (tertiary/aromatic N) is 2. The number of halogens is 2. The molecule has 0 aliphatic heterocycles. The van der Waals surface area contributed by atoms with E-state index < -0.39 is 0 Å². The van der Waals surface area contributed by atoms with Crippen molar-refractivity contribution in [1.29, 1.82) is 0 Å². The van der Waals surface area contributed by atoms with E-state index >= 15 is 0 Å². The number of rotatable bonds is 3. The standard InChI is InChI=1S/C12H10ClFN2OS/c1-7-3-4-8(5-9(7)14)17-11-6-10(13)15-12(16-11)18-2/h3-6H,1-2H3. The number of benzene rings is 1. The van der Waals surface area contributed by atoms with E-state index in [2.05, 4.69) is 9.97 Å². The quantitative estimate of drug-likeness (QED) is 0.483. The molecule has 0 saturated carbocycles. The van der Waals surface area contributed by atoms with Gasteiger partial charge in [-0.1, -0.05) is 29.4 Å². The third-order valence-electron chi connectivity index (χ3n) is 2.20. The molecule has 0 aliphatic carbocycles. The van der Waals surface area contributed by atoms with Gasteiger partial charge in [0, 0.05) is 12.1 Å². The summed E-state index contributed by atoms with van der Waals surface area (Å²) in [6, 6.07) is 6.11. The number of ether oxygens (including phenoxy) is 1. The zero-order valence-corrected chi connectivity index (χ0v) is 11.3. The number of thioether (sulfide) groups is 1. The summed E-state index contributed by atoms with van der Waals surface area (Å²) in [6.07, 6.45) is 1.83. The lowest BCUT2D eigenvalue weighted by molar-refractivity contribution is 0.450. The molecule has 0 atom stereocenters. The van der Waals surface area contributed by atoms with Crippen LogP contribution in [0.5, 0.6) is 11.6 Å². The summed E-state index contributed by atoms with van der Waals surface area (Å²) < 4.78 is 18.8. The minimum Gasteiger partial charge on any atom is -0.439 e. The first-order valence-corrected chi connectivity index (χ1v) is 6.71. The van der Waals surface area contributed by atoms with Crippen molar-refractivity contribution < 1.29 is 9.13 Å². The smallest absolute Gasteiger partial charge is 0.224 e. The third-order valence-corrected chi connectivity index (χ3v) is 2.94. The van der Waals surface area contributed by atoms with E-state index in [1.54, 1.807) is 19.1 Å². The predicted octanol–water partition coefficient (Wildman–Crippen LogP) is 4.09. The summed E-state index contributed by atoms with van der Waals surface area (Å²) in [5.74, 6) is 0.347. The Balaban J connectivity index is 2.27. The molecule has 0 bridgehead atoms. The van der Waals surface area contributed by atoms with Gasteiger partial charge in [-0.2, -0.15) is 4.98 Å². The molecule has 2 aromatic rings. The second-order valence-corrected chi connectivity index (χ2v) is 4.69. The van der Waals surface area contributed by atoms with Gasteiger partial charge in [0.1, 0.15) is 16.7 Å². The van der Waals surface area contributed by atoms with E-state index in [0.717, 1.165) is 0 Å². The molecule has 0 spiro atoms. The highest BCUT2D eigenvalue weighted by Crippen LogP contribution is 2.25. The number of aryl methyl sites for hydroxylation is 1. The molecule has 0 amide bonds. The fourth-order valence-electron chi connectivity index (χ4n) is 1.28. The van der Waals surface area contributed by atoms with Crippen LogP contribution in [0.3, 0.4) is 0 Å². The van der Waals surface area contributed by atoms with Gasteiger partial charge in [-0.05, 0) is 24.8 Å². The van der Waals surface area contributed by atoms with Crippen molar-refractivity contribution in [3.63, 3.8) is 0 Å². The first-order chi connectivity index (χ1) is 8.58. The zero-order chi connectivity index (χ0) is 13.1. The largest absolute Gasteiger partial charge is 0.439 e. The van der Waals surface area contributed by atoms with Crippen molar-refractivity contribution >= 4 is 23.4 Å². The van der Waals surface area contributed by atoms with Crippen LogP contribution in [0.25, 0.3) is 0 Å². The van der Waals surface area contributed by atoms with Crippen molar-refractivity contribution in [1.82, 2.24) is 9.97 Å². The van der Waals surface area contributed by atoms with E-state index in [1.807, 2.05) is 6.26 Å². The SMILES string of the molecule is CSc1nc(Cl)cc(Oc2ccc(C)c(F)c2)n1. The Morgan fingerprint density at radius 2 is 2.06 bits per heavy atom. The van der Waals surface area contributed by atoms with Gasteiger partial charge >= 0.3 is 0 Å². The first-order valence-electron chi connectivity index (χ1n) is 5.11. The van der Waals surface area contributed by atoms with Gasteiger partial charge in [-0.15, -0.1) is 0 Å². The molecule has 0 unspecified atom stereocenters. The van der Waals surface area contributed by atoms with Gasteiger partial charge in [-0.3, -0.25) is 0 Å². The zero-order valence-electron chi connectivity index (χ0n) is 9.78. The Kier molecular flexibility index (Phi) is 4.04. The molecule has 2 rings (SSSR count). The van der Waals surface area contributed by atoms with E-state index in [1.165, 1.54) is 23.9 Å². The van der Waals surface area contributed by atoms with Crippen LogP contribution in [0.15, 0.2) is 29.4 Å². The molecule has 0 fully saturated rings. The molecule has 94 valence electrons. The van der Waals surface area contributed by atoms with Crippen molar-refractivity contribution in [2.75, 3.05) is 6.26 Å². The average molecular weight is 285 g/mol. The van der Waals surface area contributed by atoms with Gasteiger partial charge in [0.25, 0.3) is 0 Å². The average Bonchev–Trinajstić information content (AvgIpc) is 2.33. The number of aromatic nitrogens is 2. The summed E-state index contributed by atoms with van der Waals surface area (Å²) in [4.78, 5) is 8.11. The van der Waals surface area contributed by atoms with E-state index in [0.29, 0.717) is 22.3 Å². The highest BCUT2D eigenvalue weighted by molar-refractivity contribution is 7.98. The minimum absolute atomic E-state index is 0.289. The van der Waals surface area contributed by atoms with Crippen LogP contribution in [0.2, 0.25) is 5.15 Å². The van der Waals surface area contributed by atoms with Crippen LogP contribution in [-0.2, 0) is 0 Å². The van der Waals surface area contributed by atoms with Crippen LogP contribution < -0.4 is 4.74 Å². The fraction of sp³-hybridized carbons (Fsp3) is 0.167. The van der Waals surface area contributed by atoms with Gasteiger partial charge < -0.3 is 4.74 Å². The Hall–Kier alpha value is -1.33. The normalized spacial score (nSPS) is 10.4. The highest BCUT2D eigenvalue weighted by Gasteiger charge is 2.06. The van der Waals surface area contributed by atoms with Crippen molar-refractivity contribution in [3.05, 3.63) is 40.8 Å². The van der Waals surface area contributed by atoms with Gasteiger partial charge in [-0.25, -0.2) is 9.37 Å². The lowest BCUT2D eigenvalue weighted by atomic mass is 10.2. The molecule has 1 aromatic carbocycles. The summed E-state index contributed by atoms with van der Waals surface area (Å²) in [5, 5.41) is 0.794. The topological polar surface area (TPSA) is 35.0 Å². The van der Waals surface area contributed by atoms with Crippen molar-refractivity contribution in [2.24, 2.45) is 0 Å². The number of hydrogen-bond donors (Lipinski definition) is 0. The first kappa shape index (κ1) is 13.1. The van der Waals surface area contributed by atoms with Crippen LogP contribution in [0.4, 0.5) is 4.39 Å². The highest BCUT2D eigenvalue weighted by atomic mass is 35.5. The molecule has 0 N–H and O–H groups in total. The Bertz CT molecular complexity index is 580. The molecule has 0 aliphatic rings. The maximum atomic E-state index is 13.4. The predicted molar refractivity (Wildman–Crippen MR) is 70.0 cm³/mol. The molecule has 6 heteroatoms. The maximum Gasteiger partial charge on any atom is 0.224 e. The van der Waals surface area contributed by atoms with E-state index in [4.69, 9.17) is 16.3 Å². The second-order valence-electron chi connectivity index (χ2n) is 3.53. The Morgan fingerprint density at radius 1 is 1.28 bits per heavy atom. The molecule has 0 saturated heterocycles. The summed E-state index contributed by atoms with van der Waals surface area (Å²) in [5.41, 5.74) is 0.563. The van der Waals surface area contributed by atoms with Gasteiger partial charge in [0.2, 0.25) is 5.88 Å². The second kappa shape index (κ2) is 5.54. The van der Waals surface area contributed by atoms with Crippen LogP contribution >= 0.6 is 23.4 Å². The molecule has 1 aromatic heterocycles. The molecular weight excluding hydrogens is 275 g/mol. The van der Waals surface area contributed by atoms with Crippen molar-refractivity contribution in [2.45, 2.75) is 12.1 Å². The summed E-state index contributed by atoms with van der Waals surface area (Å²) in [7, 11) is 0. The molecule has 0 radical (unpaired) electrons. The molecule has 1 heterocycles. The van der Waals surface area contributed by atoms with Crippen LogP contribution in [0, 0.1) is 12.7 Å². The molecule has 18 heavy (non-hydrogen) atoms. The maximum absolute atomic E-state index is 13.4. The lowest BCUT2D eigenvalue weighted by Gasteiger charge is -2.06. The molecular formula is C12H10ClFN2OS. The van der Waals surface area contributed by atoms with Gasteiger partial charge in [0.05, 0.1) is 0 Å². The summed E-state index contributed by atoms with van der Waals surface area (Å²) >= 11 is 7.19. The molecule has 3 nitrogen and oxygen atoms in total.